The van der Waals surface area contributed by atoms with E-state index in [0.717, 1.165) is 47.1 Å². The molecule has 1 aliphatic rings. The lowest BCUT2D eigenvalue weighted by Gasteiger charge is -2.35. The van der Waals surface area contributed by atoms with Crippen molar-refractivity contribution < 1.29 is 28.8 Å². The first-order chi connectivity index (χ1) is 21.3. The molecule has 0 saturated carbocycles. The van der Waals surface area contributed by atoms with Gasteiger partial charge in [-0.2, -0.15) is 0 Å². The normalized spacial score (nSPS) is 17.8. The second-order valence-corrected chi connectivity index (χ2v) is 19.5. The summed E-state index contributed by atoms with van der Waals surface area (Å²) in [5.41, 5.74) is 2.94. The standard InChI is InChI=1S/C38H56O6Si/c1-29(27-45(6,7)8)23-33(39)21-22-38(3,4)37-16-12-15-35(44-37)24-36(42-26-32-17-19-34(40-5)20-18-32)30(2)43-28-41-25-31-13-10-9-11-14-31/h9-11,13-14,16-22,30,33,35-36,39H,1,12,15,23-28H2,2-8H3/b22-21+/t30-,33+,35+,36-/m1/s1. The molecule has 0 fully saturated rings. The molecule has 1 heterocycles. The topological polar surface area (TPSA) is 66.4 Å². The van der Waals surface area contributed by atoms with Gasteiger partial charge in [-0.1, -0.05) is 79.8 Å². The van der Waals surface area contributed by atoms with Crippen molar-refractivity contribution in [3.63, 3.8) is 0 Å². The van der Waals surface area contributed by atoms with Gasteiger partial charge in [0.1, 0.15) is 24.4 Å². The lowest BCUT2D eigenvalue weighted by atomic mass is 9.87. The third-order valence-corrected chi connectivity index (χ3v) is 9.49. The molecule has 4 atom stereocenters. The zero-order valence-electron chi connectivity index (χ0n) is 28.6. The first-order valence-corrected chi connectivity index (χ1v) is 19.9. The quantitative estimate of drug-likeness (QED) is 0.0719. The van der Waals surface area contributed by atoms with Crippen LogP contribution in [0.15, 0.2) is 90.7 Å². The lowest BCUT2D eigenvalue weighted by Crippen LogP contribution is -2.35. The van der Waals surface area contributed by atoms with Crippen LogP contribution >= 0.6 is 0 Å². The fraction of sp³-hybridized carbons (Fsp3) is 0.526. The molecule has 1 aliphatic heterocycles. The lowest BCUT2D eigenvalue weighted by molar-refractivity contribution is -0.147. The van der Waals surface area contributed by atoms with Gasteiger partial charge in [-0.05, 0) is 75.4 Å². The van der Waals surface area contributed by atoms with Gasteiger partial charge in [0.05, 0.1) is 38.6 Å². The van der Waals surface area contributed by atoms with E-state index in [-0.39, 0.29) is 30.5 Å². The van der Waals surface area contributed by atoms with Gasteiger partial charge < -0.3 is 28.8 Å². The molecule has 0 spiro atoms. The predicted molar refractivity (Wildman–Crippen MR) is 186 cm³/mol. The molecule has 0 aliphatic carbocycles. The highest BCUT2D eigenvalue weighted by Gasteiger charge is 2.31. The van der Waals surface area contributed by atoms with Gasteiger partial charge in [0.2, 0.25) is 0 Å². The van der Waals surface area contributed by atoms with Gasteiger partial charge in [-0.3, -0.25) is 0 Å². The van der Waals surface area contributed by atoms with E-state index in [1.54, 1.807) is 7.11 Å². The van der Waals surface area contributed by atoms with Crippen molar-refractivity contribution >= 4 is 8.07 Å². The van der Waals surface area contributed by atoms with Crippen LogP contribution < -0.4 is 4.74 Å². The van der Waals surface area contributed by atoms with Gasteiger partial charge in [0.15, 0.2) is 0 Å². The molecule has 2 aromatic rings. The van der Waals surface area contributed by atoms with E-state index < -0.39 is 14.2 Å². The number of benzene rings is 2. The van der Waals surface area contributed by atoms with Gasteiger partial charge >= 0.3 is 0 Å². The molecule has 0 aromatic heterocycles. The molecule has 6 nitrogen and oxygen atoms in total. The number of allylic oxidation sites excluding steroid dienone is 2. The second-order valence-electron chi connectivity index (χ2n) is 14.0. The summed E-state index contributed by atoms with van der Waals surface area (Å²) < 4.78 is 30.3. The number of ether oxygens (including phenoxy) is 5. The molecular weight excluding hydrogens is 580 g/mol. The van der Waals surface area contributed by atoms with Crippen molar-refractivity contribution in [1.82, 2.24) is 0 Å². The first kappa shape index (κ1) is 36.8. The number of methoxy groups -OCH3 is 1. The van der Waals surface area contributed by atoms with Gasteiger partial charge in [-0.25, -0.2) is 0 Å². The Balaban J connectivity index is 1.60. The van der Waals surface area contributed by atoms with Crippen molar-refractivity contribution in [3.8, 4) is 5.75 Å². The molecule has 3 rings (SSSR count). The third kappa shape index (κ3) is 13.7. The van der Waals surface area contributed by atoms with Crippen LogP contribution in [-0.2, 0) is 32.2 Å². The van der Waals surface area contributed by atoms with Gasteiger partial charge in [-0.15, -0.1) is 6.58 Å². The minimum absolute atomic E-state index is 0.0173. The van der Waals surface area contributed by atoms with Crippen molar-refractivity contribution in [2.75, 3.05) is 13.9 Å². The van der Waals surface area contributed by atoms with E-state index in [0.29, 0.717) is 26.1 Å². The summed E-state index contributed by atoms with van der Waals surface area (Å²) in [7, 11) is 0.414. The Hall–Kier alpha value is -2.68. The number of aliphatic hydroxyl groups is 1. The Labute approximate surface area is 273 Å². The van der Waals surface area contributed by atoms with Crippen LogP contribution in [0.5, 0.6) is 5.75 Å². The van der Waals surface area contributed by atoms with Crippen LogP contribution in [-0.4, -0.2) is 51.5 Å². The van der Waals surface area contributed by atoms with E-state index in [4.69, 9.17) is 23.7 Å². The molecule has 0 bridgehead atoms. The average Bonchev–Trinajstić information content (AvgIpc) is 3.00. The largest absolute Gasteiger partial charge is 0.497 e. The minimum atomic E-state index is -1.25. The zero-order chi connectivity index (χ0) is 32.9. The van der Waals surface area contributed by atoms with Gasteiger partial charge in [0, 0.05) is 19.9 Å². The van der Waals surface area contributed by atoms with Crippen LogP contribution in [0.2, 0.25) is 25.7 Å². The summed E-state index contributed by atoms with van der Waals surface area (Å²) in [6.45, 7) is 18.6. The second kappa shape index (κ2) is 17.9. The zero-order valence-corrected chi connectivity index (χ0v) is 29.6. The Morgan fingerprint density at radius 1 is 1.04 bits per heavy atom. The predicted octanol–water partition coefficient (Wildman–Crippen LogP) is 8.84. The number of hydrogen-bond acceptors (Lipinski definition) is 6. The highest BCUT2D eigenvalue weighted by Crippen LogP contribution is 2.36. The Kier molecular flexibility index (Phi) is 14.6. The highest BCUT2D eigenvalue weighted by atomic mass is 28.3. The number of aliphatic hydroxyl groups excluding tert-OH is 1. The molecule has 0 radical (unpaired) electrons. The summed E-state index contributed by atoms with van der Waals surface area (Å²) in [5.74, 6) is 1.75. The molecule has 0 unspecified atom stereocenters. The van der Waals surface area contributed by atoms with E-state index in [2.05, 4.69) is 52.2 Å². The van der Waals surface area contributed by atoms with E-state index in [9.17, 15) is 5.11 Å². The smallest absolute Gasteiger partial charge is 0.147 e. The fourth-order valence-electron chi connectivity index (χ4n) is 5.46. The third-order valence-electron chi connectivity index (χ3n) is 7.93. The summed E-state index contributed by atoms with van der Waals surface area (Å²) in [5, 5.41) is 10.7. The van der Waals surface area contributed by atoms with Crippen LogP contribution in [0.1, 0.15) is 57.6 Å². The summed E-state index contributed by atoms with van der Waals surface area (Å²) in [4.78, 5) is 0. The molecule has 1 N–H and O–H groups in total. The Bertz CT molecular complexity index is 1220. The molecule has 7 heteroatoms. The number of hydrogen-bond donors (Lipinski definition) is 1. The Morgan fingerprint density at radius 3 is 2.40 bits per heavy atom. The first-order valence-electron chi connectivity index (χ1n) is 16.2. The average molecular weight is 637 g/mol. The van der Waals surface area contributed by atoms with E-state index >= 15 is 0 Å². The van der Waals surface area contributed by atoms with E-state index in [1.807, 2.05) is 67.6 Å². The van der Waals surface area contributed by atoms with Gasteiger partial charge in [0.25, 0.3) is 0 Å². The van der Waals surface area contributed by atoms with Crippen molar-refractivity contribution in [1.29, 1.82) is 0 Å². The molecule has 0 amide bonds. The van der Waals surface area contributed by atoms with Crippen LogP contribution in [0.25, 0.3) is 0 Å². The van der Waals surface area contributed by atoms with Crippen LogP contribution in [0.4, 0.5) is 0 Å². The molecule has 45 heavy (non-hydrogen) atoms. The number of rotatable bonds is 19. The minimum Gasteiger partial charge on any atom is -0.497 e. The fourth-order valence-corrected chi connectivity index (χ4v) is 7.11. The van der Waals surface area contributed by atoms with E-state index in [1.165, 1.54) is 0 Å². The molecule has 0 saturated heterocycles. The maximum atomic E-state index is 10.7. The Morgan fingerprint density at radius 2 is 1.73 bits per heavy atom. The van der Waals surface area contributed by atoms with Crippen molar-refractivity contribution in [3.05, 3.63) is 102 Å². The summed E-state index contributed by atoms with van der Waals surface area (Å²) in [6, 6.07) is 19.0. The van der Waals surface area contributed by atoms with Crippen molar-refractivity contribution in [2.24, 2.45) is 5.41 Å². The van der Waals surface area contributed by atoms with Crippen LogP contribution in [0, 0.1) is 5.41 Å². The summed E-state index contributed by atoms with van der Waals surface area (Å²) >= 11 is 0. The highest BCUT2D eigenvalue weighted by molar-refractivity contribution is 6.76. The molecular formula is C38H56O6Si. The maximum Gasteiger partial charge on any atom is 0.147 e. The summed E-state index contributed by atoms with van der Waals surface area (Å²) in [6.07, 6.45) is 8.29. The van der Waals surface area contributed by atoms with Crippen LogP contribution in [0.3, 0.4) is 0 Å². The molecule has 248 valence electrons. The van der Waals surface area contributed by atoms with Crippen molar-refractivity contribution in [2.45, 2.75) is 110 Å². The SMILES string of the molecule is C=C(C[C@@H](O)/C=C/C(C)(C)C1=CCC[C@@H](C[C@@H](OCc2ccc(OC)cc2)[C@@H](C)OCOCc2ccccc2)O1)C[Si](C)(C)C. The maximum absolute atomic E-state index is 10.7. The monoisotopic (exact) mass is 636 g/mol. The molecule has 2 aromatic carbocycles.